The first-order valence-electron chi connectivity index (χ1n) is 5.71. The van der Waals surface area contributed by atoms with Crippen molar-refractivity contribution in [1.29, 1.82) is 0 Å². The van der Waals surface area contributed by atoms with Gasteiger partial charge < -0.3 is 9.64 Å². The van der Waals surface area contributed by atoms with Gasteiger partial charge in [0.1, 0.15) is 0 Å². The van der Waals surface area contributed by atoms with Crippen LogP contribution in [0.15, 0.2) is 0 Å². The monoisotopic (exact) mass is 211 g/mol. The van der Waals surface area contributed by atoms with E-state index in [1.165, 1.54) is 0 Å². The third-order valence-corrected chi connectivity index (χ3v) is 3.14. The molecule has 1 atom stereocenters. The largest absolute Gasteiger partial charge is 0.417 e. The molecule has 0 aromatic rings. The molecule has 0 N–H and O–H groups in total. The van der Waals surface area contributed by atoms with Crippen LogP contribution >= 0.6 is 0 Å². The molecule has 2 fully saturated rings. The van der Waals surface area contributed by atoms with Crippen molar-refractivity contribution in [3.8, 4) is 0 Å². The molecule has 1 aliphatic heterocycles. The van der Waals surface area contributed by atoms with Crippen molar-refractivity contribution in [3.05, 3.63) is 0 Å². The van der Waals surface area contributed by atoms with E-state index in [-0.39, 0.29) is 17.9 Å². The molecule has 0 radical (unpaired) electrons. The van der Waals surface area contributed by atoms with Crippen LogP contribution < -0.4 is 0 Å². The lowest BCUT2D eigenvalue weighted by Gasteiger charge is -2.31. The predicted octanol–water partition coefficient (Wildman–Crippen LogP) is 1.93. The molecule has 2 rings (SSSR count). The molecule has 0 aromatic heterocycles. The van der Waals surface area contributed by atoms with Gasteiger partial charge in [-0.1, -0.05) is 0 Å². The molecular formula is C11H17NO3. The summed E-state index contributed by atoms with van der Waals surface area (Å²) in [7, 11) is 0. The van der Waals surface area contributed by atoms with Crippen molar-refractivity contribution in [3.63, 3.8) is 0 Å². The van der Waals surface area contributed by atoms with Gasteiger partial charge in [0.15, 0.2) is 0 Å². The smallest absolute Gasteiger partial charge is 0.376 e. The van der Waals surface area contributed by atoms with E-state index < -0.39 is 6.09 Å². The number of piperidine rings is 1. The fourth-order valence-electron chi connectivity index (χ4n) is 1.92. The van der Waals surface area contributed by atoms with Gasteiger partial charge in [0.2, 0.25) is 0 Å². The van der Waals surface area contributed by atoms with Crippen molar-refractivity contribution in [2.75, 3.05) is 6.54 Å². The van der Waals surface area contributed by atoms with Crippen LogP contribution in [0.25, 0.3) is 0 Å². The van der Waals surface area contributed by atoms with E-state index in [0.29, 0.717) is 0 Å². The average Bonchev–Trinajstić information content (AvgIpc) is 3.01. The van der Waals surface area contributed by atoms with Crippen LogP contribution in [0, 0.1) is 5.92 Å². The first-order chi connectivity index (χ1) is 7.18. The first kappa shape index (κ1) is 10.5. The van der Waals surface area contributed by atoms with Gasteiger partial charge in [-0.15, -0.1) is 0 Å². The lowest BCUT2D eigenvalue weighted by atomic mass is 10.0. The van der Waals surface area contributed by atoms with E-state index in [1.54, 1.807) is 4.90 Å². The Morgan fingerprint density at radius 3 is 2.53 bits per heavy atom. The van der Waals surface area contributed by atoms with Crippen LogP contribution in [0.4, 0.5) is 4.79 Å². The summed E-state index contributed by atoms with van der Waals surface area (Å²) in [5.41, 5.74) is 0. The molecule has 1 saturated heterocycles. The van der Waals surface area contributed by atoms with Gasteiger partial charge in [0.25, 0.3) is 0 Å². The lowest BCUT2D eigenvalue weighted by molar-refractivity contribution is -0.140. The Bertz CT molecular complexity index is 273. The van der Waals surface area contributed by atoms with Crippen LogP contribution in [-0.4, -0.2) is 29.5 Å². The van der Waals surface area contributed by atoms with Gasteiger partial charge in [-0.3, -0.25) is 4.79 Å². The van der Waals surface area contributed by atoms with E-state index in [2.05, 4.69) is 0 Å². The second-order valence-corrected chi connectivity index (χ2v) is 4.50. The maximum absolute atomic E-state index is 11.6. The van der Waals surface area contributed by atoms with E-state index >= 15 is 0 Å². The van der Waals surface area contributed by atoms with E-state index in [4.69, 9.17) is 4.74 Å². The van der Waals surface area contributed by atoms with Gasteiger partial charge in [-0.05, 0) is 39.0 Å². The van der Waals surface area contributed by atoms with E-state index in [9.17, 15) is 9.59 Å². The van der Waals surface area contributed by atoms with Crippen LogP contribution in [0.2, 0.25) is 0 Å². The molecule has 0 aromatic carbocycles. The second-order valence-electron chi connectivity index (χ2n) is 4.50. The molecule has 2 aliphatic rings. The topological polar surface area (TPSA) is 46.6 Å². The number of hydrogen-bond donors (Lipinski definition) is 0. The molecule has 84 valence electrons. The molecule has 4 heteroatoms. The third-order valence-electron chi connectivity index (χ3n) is 3.14. The Kier molecular flexibility index (Phi) is 2.93. The average molecular weight is 211 g/mol. The number of amides is 1. The quantitative estimate of drug-likeness (QED) is 0.492. The molecular weight excluding hydrogens is 194 g/mol. The lowest BCUT2D eigenvalue weighted by Crippen LogP contribution is -2.43. The maximum atomic E-state index is 11.6. The number of esters is 1. The highest BCUT2D eigenvalue weighted by Gasteiger charge is 2.35. The van der Waals surface area contributed by atoms with Gasteiger partial charge >= 0.3 is 12.1 Å². The summed E-state index contributed by atoms with van der Waals surface area (Å²) in [5.74, 6) is -0.341. The van der Waals surface area contributed by atoms with E-state index in [0.717, 1.165) is 38.6 Å². The number of likely N-dealkylation sites (tertiary alicyclic amines) is 1. The Hall–Kier alpha value is -1.06. The zero-order chi connectivity index (χ0) is 10.8. The van der Waals surface area contributed by atoms with Crippen molar-refractivity contribution in [2.24, 2.45) is 5.92 Å². The van der Waals surface area contributed by atoms with Crippen molar-refractivity contribution in [1.82, 2.24) is 4.90 Å². The molecule has 0 bridgehead atoms. The van der Waals surface area contributed by atoms with Gasteiger partial charge in [0.05, 0.1) is 5.92 Å². The predicted molar refractivity (Wildman–Crippen MR) is 54.2 cm³/mol. The Morgan fingerprint density at radius 2 is 1.93 bits per heavy atom. The number of carbonyl (C=O) groups is 2. The zero-order valence-electron chi connectivity index (χ0n) is 9.07. The van der Waals surface area contributed by atoms with Crippen LogP contribution in [0.5, 0.6) is 0 Å². The minimum absolute atomic E-state index is 0.00551. The number of nitrogens with zero attached hydrogens (tertiary/aromatic N) is 1. The summed E-state index contributed by atoms with van der Waals surface area (Å²) in [6.45, 7) is 2.72. The number of rotatable bonds is 1. The van der Waals surface area contributed by atoms with Gasteiger partial charge in [-0.25, -0.2) is 4.79 Å². The summed E-state index contributed by atoms with van der Waals surface area (Å²) in [6, 6.07) is 0.207. The normalized spacial score (nSPS) is 26.2. The van der Waals surface area contributed by atoms with E-state index in [1.807, 2.05) is 6.92 Å². The minimum atomic E-state index is -0.445. The minimum Gasteiger partial charge on any atom is -0.376 e. The molecule has 0 unspecified atom stereocenters. The fourth-order valence-corrected chi connectivity index (χ4v) is 1.92. The number of hydrogen-bond acceptors (Lipinski definition) is 3. The summed E-state index contributed by atoms with van der Waals surface area (Å²) in [5, 5.41) is 0. The zero-order valence-corrected chi connectivity index (χ0v) is 9.07. The number of ether oxygens (including phenoxy) is 1. The highest BCUT2D eigenvalue weighted by Crippen LogP contribution is 2.30. The van der Waals surface area contributed by atoms with Gasteiger partial charge in [-0.2, -0.15) is 0 Å². The highest BCUT2D eigenvalue weighted by molar-refractivity contribution is 5.87. The summed E-state index contributed by atoms with van der Waals surface area (Å²) >= 11 is 0. The van der Waals surface area contributed by atoms with Gasteiger partial charge in [0, 0.05) is 12.6 Å². The molecule has 1 heterocycles. The van der Waals surface area contributed by atoms with Crippen LogP contribution in [0.1, 0.15) is 39.0 Å². The standard InChI is InChI=1S/C11H17NO3/c1-8-4-2-3-7-12(8)11(14)15-10(13)9-5-6-9/h8-9H,2-7H2,1H3/t8-/m0/s1. The molecule has 15 heavy (non-hydrogen) atoms. The Labute approximate surface area is 89.6 Å². The first-order valence-corrected chi connectivity index (χ1v) is 5.71. The molecule has 1 saturated carbocycles. The molecule has 4 nitrogen and oxygen atoms in total. The van der Waals surface area contributed by atoms with Crippen molar-refractivity contribution >= 4 is 12.1 Å². The number of carbonyl (C=O) groups excluding carboxylic acids is 2. The molecule has 1 aliphatic carbocycles. The third kappa shape index (κ3) is 2.49. The van der Waals surface area contributed by atoms with Crippen LogP contribution in [-0.2, 0) is 9.53 Å². The van der Waals surface area contributed by atoms with Crippen molar-refractivity contribution < 1.29 is 14.3 Å². The molecule has 1 amide bonds. The SMILES string of the molecule is C[C@H]1CCCCN1C(=O)OC(=O)C1CC1. The highest BCUT2D eigenvalue weighted by atomic mass is 16.6. The summed E-state index contributed by atoms with van der Waals surface area (Å²) in [4.78, 5) is 24.6. The Morgan fingerprint density at radius 1 is 1.20 bits per heavy atom. The molecule has 0 spiro atoms. The fraction of sp³-hybridized carbons (Fsp3) is 0.818. The van der Waals surface area contributed by atoms with Crippen LogP contribution in [0.3, 0.4) is 0 Å². The van der Waals surface area contributed by atoms with Crippen molar-refractivity contribution in [2.45, 2.75) is 45.1 Å². The maximum Gasteiger partial charge on any atom is 0.417 e. The Balaban J connectivity index is 1.85. The second kappa shape index (κ2) is 4.21. The summed E-state index contributed by atoms with van der Waals surface area (Å²) in [6.07, 6.45) is 4.48. The summed E-state index contributed by atoms with van der Waals surface area (Å²) < 4.78 is 4.83.